The second-order valence-corrected chi connectivity index (χ2v) is 10.2. The van der Waals surface area contributed by atoms with Crippen LogP contribution >= 0.6 is 11.3 Å². The van der Waals surface area contributed by atoms with E-state index >= 15 is 0 Å². The fourth-order valence-corrected chi connectivity index (χ4v) is 5.84. The molecule has 1 amide bonds. The molecule has 36 heavy (non-hydrogen) atoms. The Morgan fingerprint density at radius 3 is 2.81 bits per heavy atom. The molecule has 3 aromatic heterocycles. The summed E-state index contributed by atoms with van der Waals surface area (Å²) >= 11 is 1.69. The Balaban J connectivity index is 1.37. The van der Waals surface area contributed by atoms with E-state index < -0.39 is 0 Å². The van der Waals surface area contributed by atoms with Gasteiger partial charge < -0.3 is 20.3 Å². The highest BCUT2D eigenvalue weighted by Gasteiger charge is 2.22. The lowest BCUT2D eigenvalue weighted by atomic mass is 9.98. The van der Waals surface area contributed by atoms with E-state index in [1.165, 1.54) is 0 Å². The highest BCUT2D eigenvalue weighted by Crippen LogP contribution is 2.38. The van der Waals surface area contributed by atoms with Crippen molar-refractivity contribution in [3.05, 3.63) is 54.9 Å². The summed E-state index contributed by atoms with van der Waals surface area (Å²) in [7, 11) is 0. The molecule has 184 valence electrons. The first kappa shape index (κ1) is 23.0. The van der Waals surface area contributed by atoms with Crippen molar-refractivity contribution in [3.8, 4) is 21.8 Å². The largest absolute Gasteiger partial charge is 0.378 e. The monoisotopic (exact) mass is 500 g/mol. The zero-order chi connectivity index (χ0) is 24.3. The quantitative estimate of drug-likeness (QED) is 0.424. The highest BCUT2D eigenvalue weighted by atomic mass is 32.1. The molecule has 2 saturated heterocycles. The van der Waals surface area contributed by atoms with Crippen molar-refractivity contribution in [1.29, 1.82) is 0 Å². The molecule has 6 rings (SSSR count). The zero-order valence-electron chi connectivity index (χ0n) is 19.9. The third-order valence-electron chi connectivity index (χ3n) is 6.67. The number of nitrogens with one attached hydrogen (secondary N) is 2. The van der Waals surface area contributed by atoms with Gasteiger partial charge in [0.1, 0.15) is 0 Å². The molecule has 4 aromatic rings. The molecule has 0 bridgehead atoms. The maximum atomic E-state index is 12.8. The van der Waals surface area contributed by atoms with Crippen molar-refractivity contribution in [2.45, 2.75) is 12.8 Å². The first-order valence-corrected chi connectivity index (χ1v) is 13.2. The fourth-order valence-electron chi connectivity index (χ4n) is 4.74. The number of pyridine rings is 1. The van der Waals surface area contributed by atoms with Gasteiger partial charge in [-0.3, -0.25) is 9.78 Å². The number of anilines is 2. The van der Waals surface area contributed by atoms with Crippen LogP contribution in [-0.4, -0.2) is 60.3 Å². The first-order valence-electron chi connectivity index (χ1n) is 12.4. The third kappa shape index (κ3) is 4.82. The second kappa shape index (κ2) is 10.3. The van der Waals surface area contributed by atoms with Gasteiger partial charge in [-0.2, -0.15) is 0 Å². The SMILES string of the molecule is O=C(Nc1cccc(-c2nc(N3CCOCC3)c3sc(-c4cccnc4)cc3n2)c1)C1CCCNC1. The summed E-state index contributed by atoms with van der Waals surface area (Å²) in [4.78, 5) is 30.5. The van der Waals surface area contributed by atoms with E-state index in [4.69, 9.17) is 14.7 Å². The van der Waals surface area contributed by atoms with E-state index in [0.29, 0.717) is 19.0 Å². The molecule has 0 saturated carbocycles. The van der Waals surface area contributed by atoms with Crippen LogP contribution in [0.1, 0.15) is 12.8 Å². The fraction of sp³-hybridized carbons (Fsp3) is 0.333. The molecule has 9 heteroatoms. The molecular weight excluding hydrogens is 472 g/mol. The predicted molar refractivity (Wildman–Crippen MR) is 143 cm³/mol. The number of hydrogen-bond donors (Lipinski definition) is 2. The van der Waals surface area contributed by atoms with Crippen LogP contribution in [0.4, 0.5) is 11.5 Å². The molecule has 8 nitrogen and oxygen atoms in total. The smallest absolute Gasteiger partial charge is 0.228 e. The number of morpholine rings is 1. The minimum absolute atomic E-state index is 0.000340. The van der Waals surface area contributed by atoms with E-state index in [9.17, 15) is 4.79 Å². The number of amides is 1. The summed E-state index contributed by atoms with van der Waals surface area (Å²) in [5, 5.41) is 6.41. The van der Waals surface area contributed by atoms with Crippen LogP contribution in [-0.2, 0) is 9.53 Å². The third-order valence-corrected chi connectivity index (χ3v) is 7.84. The van der Waals surface area contributed by atoms with Crippen LogP contribution in [0.2, 0.25) is 0 Å². The number of aromatic nitrogens is 3. The van der Waals surface area contributed by atoms with Crippen molar-refractivity contribution < 1.29 is 9.53 Å². The van der Waals surface area contributed by atoms with Gasteiger partial charge in [-0.1, -0.05) is 18.2 Å². The minimum atomic E-state index is -0.000340. The normalized spacial score (nSPS) is 18.3. The highest BCUT2D eigenvalue weighted by molar-refractivity contribution is 7.22. The molecule has 0 radical (unpaired) electrons. The molecule has 1 aromatic carbocycles. The standard InChI is InChI=1S/C27H28N6O2S/c34-27(20-6-3-9-29-17-20)30-21-7-1-4-18(14-21)25-31-22-15-23(19-5-2-8-28-16-19)36-24(22)26(32-25)33-10-12-35-13-11-33/h1-2,4-5,7-8,14-16,20,29H,3,6,9-13,17H2,(H,30,34). The summed E-state index contributed by atoms with van der Waals surface area (Å²) in [6.07, 6.45) is 5.60. The Morgan fingerprint density at radius 2 is 2.00 bits per heavy atom. The molecule has 2 aliphatic heterocycles. The topological polar surface area (TPSA) is 92.3 Å². The second-order valence-electron chi connectivity index (χ2n) is 9.15. The molecule has 2 fully saturated rings. The van der Waals surface area contributed by atoms with Gasteiger partial charge in [0.05, 0.1) is 29.3 Å². The first-order chi connectivity index (χ1) is 17.7. The number of piperidine rings is 1. The van der Waals surface area contributed by atoms with Gasteiger partial charge in [0, 0.05) is 53.7 Å². The van der Waals surface area contributed by atoms with E-state index in [0.717, 1.165) is 76.7 Å². The number of benzene rings is 1. The van der Waals surface area contributed by atoms with Crippen molar-refractivity contribution in [2.75, 3.05) is 49.6 Å². The lowest BCUT2D eigenvalue weighted by Crippen LogP contribution is -2.37. The number of rotatable bonds is 5. The van der Waals surface area contributed by atoms with Crippen molar-refractivity contribution in [1.82, 2.24) is 20.3 Å². The lowest BCUT2D eigenvalue weighted by Gasteiger charge is -2.28. The predicted octanol–water partition coefficient (Wildman–Crippen LogP) is 4.20. The molecule has 5 heterocycles. The number of nitrogens with zero attached hydrogens (tertiary/aromatic N) is 4. The average molecular weight is 501 g/mol. The van der Waals surface area contributed by atoms with Gasteiger partial charge in [0.15, 0.2) is 11.6 Å². The summed E-state index contributed by atoms with van der Waals surface area (Å²) in [5.41, 5.74) is 3.62. The lowest BCUT2D eigenvalue weighted by molar-refractivity contribution is -0.120. The Hall–Kier alpha value is -3.40. The number of thiophene rings is 1. The number of hydrogen-bond acceptors (Lipinski definition) is 8. The van der Waals surface area contributed by atoms with Crippen LogP contribution < -0.4 is 15.5 Å². The molecule has 2 aliphatic rings. The van der Waals surface area contributed by atoms with Crippen LogP contribution in [0, 0.1) is 5.92 Å². The number of carbonyl (C=O) groups is 1. The number of ether oxygens (including phenoxy) is 1. The van der Waals surface area contributed by atoms with Crippen LogP contribution in [0.25, 0.3) is 32.0 Å². The molecule has 1 atom stereocenters. The maximum Gasteiger partial charge on any atom is 0.228 e. The van der Waals surface area contributed by atoms with E-state index in [1.54, 1.807) is 17.5 Å². The van der Waals surface area contributed by atoms with Crippen molar-refractivity contribution in [3.63, 3.8) is 0 Å². The molecule has 0 aliphatic carbocycles. The van der Waals surface area contributed by atoms with E-state index in [-0.39, 0.29) is 11.8 Å². The van der Waals surface area contributed by atoms with E-state index in [1.807, 2.05) is 36.5 Å². The Morgan fingerprint density at radius 1 is 1.11 bits per heavy atom. The molecular formula is C27H28N6O2S. The van der Waals surface area contributed by atoms with Gasteiger partial charge in [-0.15, -0.1) is 11.3 Å². The van der Waals surface area contributed by atoms with Gasteiger partial charge in [-0.05, 0) is 43.7 Å². The molecule has 0 spiro atoms. The van der Waals surface area contributed by atoms with Crippen LogP contribution in [0.15, 0.2) is 54.9 Å². The molecule has 1 unspecified atom stereocenters. The van der Waals surface area contributed by atoms with Crippen molar-refractivity contribution >= 4 is 39.0 Å². The van der Waals surface area contributed by atoms with Crippen LogP contribution in [0.5, 0.6) is 0 Å². The summed E-state index contributed by atoms with van der Waals surface area (Å²) < 4.78 is 6.65. The minimum Gasteiger partial charge on any atom is -0.378 e. The van der Waals surface area contributed by atoms with Gasteiger partial charge in [0.2, 0.25) is 5.91 Å². The Labute approximate surface area is 213 Å². The van der Waals surface area contributed by atoms with Gasteiger partial charge in [-0.25, -0.2) is 9.97 Å². The van der Waals surface area contributed by atoms with Crippen LogP contribution in [0.3, 0.4) is 0 Å². The summed E-state index contributed by atoms with van der Waals surface area (Å²) in [5.74, 6) is 1.64. The Kier molecular flexibility index (Phi) is 6.59. The number of fused-ring (bicyclic) bond motifs is 1. The molecule has 2 N–H and O–H groups in total. The maximum absolute atomic E-state index is 12.8. The van der Waals surface area contributed by atoms with Crippen molar-refractivity contribution in [2.24, 2.45) is 5.92 Å². The summed E-state index contributed by atoms with van der Waals surface area (Å²) in [6, 6.07) is 14.0. The van der Waals surface area contributed by atoms with E-state index in [2.05, 4.69) is 32.7 Å². The van der Waals surface area contributed by atoms with Gasteiger partial charge >= 0.3 is 0 Å². The van der Waals surface area contributed by atoms with Gasteiger partial charge in [0.25, 0.3) is 0 Å². The zero-order valence-corrected chi connectivity index (χ0v) is 20.8. The average Bonchev–Trinajstić information content (AvgIpc) is 3.38. The Bertz CT molecular complexity index is 1360. The number of carbonyl (C=O) groups excluding carboxylic acids is 1. The summed E-state index contributed by atoms with van der Waals surface area (Å²) in [6.45, 7) is 4.65.